The highest BCUT2D eigenvalue weighted by atomic mass is 35.5. The SMILES string of the molecule is O=C1CC(N(Cc2ccccc2Cl)C(=O)c2ccccc2F)C(=O)N1c1ccc(F)cc1. The van der Waals surface area contributed by atoms with Crippen LogP contribution in [0.15, 0.2) is 72.8 Å². The molecule has 0 saturated carbocycles. The number of imide groups is 1. The summed E-state index contributed by atoms with van der Waals surface area (Å²) in [4.78, 5) is 41.3. The fourth-order valence-electron chi connectivity index (χ4n) is 3.64. The van der Waals surface area contributed by atoms with Crippen molar-refractivity contribution in [2.75, 3.05) is 4.90 Å². The lowest BCUT2D eigenvalue weighted by molar-refractivity contribution is -0.122. The third-order valence-electron chi connectivity index (χ3n) is 5.25. The van der Waals surface area contributed by atoms with E-state index >= 15 is 0 Å². The molecule has 1 heterocycles. The van der Waals surface area contributed by atoms with E-state index < -0.39 is 35.4 Å². The summed E-state index contributed by atoms with van der Waals surface area (Å²) < 4.78 is 27.7. The molecule has 1 unspecified atom stereocenters. The van der Waals surface area contributed by atoms with E-state index in [2.05, 4.69) is 0 Å². The van der Waals surface area contributed by atoms with Crippen molar-refractivity contribution in [3.8, 4) is 0 Å². The van der Waals surface area contributed by atoms with Crippen LogP contribution in [0.5, 0.6) is 0 Å². The Labute approximate surface area is 187 Å². The van der Waals surface area contributed by atoms with Crippen LogP contribution in [0, 0.1) is 11.6 Å². The molecule has 0 N–H and O–H groups in total. The average molecular weight is 455 g/mol. The second kappa shape index (κ2) is 8.88. The van der Waals surface area contributed by atoms with Gasteiger partial charge in [-0.3, -0.25) is 14.4 Å². The number of benzene rings is 3. The number of hydrogen-bond donors (Lipinski definition) is 0. The van der Waals surface area contributed by atoms with Gasteiger partial charge >= 0.3 is 0 Å². The van der Waals surface area contributed by atoms with E-state index in [4.69, 9.17) is 11.6 Å². The maximum absolute atomic E-state index is 14.4. The predicted molar refractivity (Wildman–Crippen MR) is 115 cm³/mol. The maximum atomic E-state index is 14.4. The number of hydrogen-bond acceptors (Lipinski definition) is 3. The highest BCUT2D eigenvalue weighted by Crippen LogP contribution is 2.29. The van der Waals surface area contributed by atoms with Gasteiger partial charge in [-0.2, -0.15) is 0 Å². The van der Waals surface area contributed by atoms with Crippen molar-refractivity contribution in [2.24, 2.45) is 0 Å². The lowest BCUT2D eigenvalue weighted by atomic mass is 10.1. The zero-order chi connectivity index (χ0) is 22.8. The van der Waals surface area contributed by atoms with E-state index in [0.29, 0.717) is 10.6 Å². The van der Waals surface area contributed by atoms with Crippen molar-refractivity contribution in [1.29, 1.82) is 0 Å². The molecule has 162 valence electrons. The van der Waals surface area contributed by atoms with Gasteiger partial charge in [0, 0.05) is 11.6 Å². The first-order valence-electron chi connectivity index (χ1n) is 9.78. The fraction of sp³-hybridized carbons (Fsp3) is 0.125. The Kier molecular flexibility index (Phi) is 6.01. The van der Waals surface area contributed by atoms with Crippen LogP contribution in [0.2, 0.25) is 5.02 Å². The van der Waals surface area contributed by atoms with Crippen LogP contribution >= 0.6 is 11.6 Å². The quantitative estimate of drug-likeness (QED) is 0.530. The molecule has 3 amide bonds. The van der Waals surface area contributed by atoms with Gasteiger partial charge in [0.25, 0.3) is 11.8 Å². The number of nitrogens with zero attached hydrogens (tertiary/aromatic N) is 2. The first-order chi connectivity index (χ1) is 15.4. The zero-order valence-corrected chi connectivity index (χ0v) is 17.4. The second-order valence-corrected chi connectivity index (χ2v) is 7.68. The van der Waals surface area contributed by atoms with Gasteiger partial charge in [-0.15, -0.1) is 0 Å². The molecule has 0 bridgehead atoms. The Morgan fingerprint density at radius 3 is 2.31 bits per heavy atom. The third-order valence-corrected chi connectivity index (χ3v) is 5.62. The Hall–Kier alpha value is -3.58. The Morgan fingerprint density at radius 2 is 1.62 bits per heavy atom. The number of carbonyl (C=O) groups excluding carboxylic acids is 3. The second-order valence-electron chi connectivity index (χ2n) is 7.27. The molecule has 0 spiro atoms. The minimum atomic E-state index is -1.17. The molecule has 0 aromatic heterocycles. The highest BCUT2D eigenvalue weighted by molar-refractivity contribution is 6.31. The molecule has 1 aliphatic heterocycles. The summed E-state index contributed by atoms with van der Waals surface area (Å²) in [5.41, 5.74) is 0.513. The molecule has 1 saturated heterocycles. The van der Waals surface area contributed by atoms with Gasteiger partial charge in [0.05, 0.1) is 17.7 Å². The van der Waals surface area contributed by atoms with Crippen LogP contribution in [0.25, 0.3) is 0 Å². The summed E-state index contributed by atoms with van der Waals surface area (Å²) in [5, 5.41) is 0.367. The summed E-state index contributed by atoms with van der Waals surface area (Å²) in [6.07, 6.45) is -0.291. The van der Waals surface area contributed by atoms with Crippen molar-refractivity contribution in [3.63, 3.8) is 0 Å². The summed E-state index contributed by atoms with van der Waals surface area (Å²) in [6, 6.07) is 15.9. The smallest absolute Gasteiger partial charge is 0.257 e. The minimum Gasteiger partial charge on any atom is -0.322 e. The predicted octanol–water partition coefficient (Wildman–Crippen LogP) is 4.59. The number of halogens is 3. The largest absolute Gasteiger partial charge is 0.322 e. The molecule has 3 aromatic rings. The highest BCUT2D eigenvalue weighted by Gasteiger charge is 2.45. The molecule has 3 aromatic carbocycles. The van der Waals surface area contributed by atoms with Crippen molar-refractivity contribution in [2.45, 2.75) is 19.0 Å². The minimum absolute atomic E-state index is 0.103. The van der Waals surface area contributed by atoms with E-state index in [9.17, 15) is 23.2 Å². The van der Waals surface area contributed by atoms with E-state index in [-0.39, 0.29) is 24.2 Å². The molecule has 1 atom stereocenters. The van der Waals surface area contributed by atoms with E-state index in [0.717, 1.165) is 28.0 Å². The van der Waals surface area contributed by atoms with Crippen LogP contribution < -0.4 is 4.90 Å². The lowest BCUT2D eigenvalue weighted by Crippen LogP contribution is -2.45. The van der Waals surface area contributed by atoms with E-state index in [1.165, 1.54) is 30.3 Å². The van der Waals surface area contributed by atoms with Gasteiger partial charge in [-0.1, -0.05) is 41.9 Å². The Balaban J connectivity index is 1.72. The van der Waals surface area contributed by atoms with Crippen molar-refractivity contribution >= 4 is 35.0 Å². The molecule has 1 aliphatic rings. The zero-order valence-electron chi connectivity index (χ0n) is 16.7. The number of carbonyl (C=O) groups is 3. The van der Waals surface area contributed by atoms with Crippen LogP contribution in [0.1, 0.15) is 22.3 Å². The molecule has 4 rings (SSSR count). The molecule has 1 fully saturated rings. The lowest BCUT2D eigenvalue weighted by Gasteiger charge is -2.28. The number of rotatable bonds is 5. The topological polar surface area (TPSA) is 57.7 Å². The monoisotopic (exact) mass is 454 g/mol. The molecule has 32 heavy (non-hydrogen) atoms. The van der Waals surface area contributed by atoms with E-state index in [1.807, 2.05) is 0 Å². The molecular formula is C24H17ClF2N2O3. The van der Waals surface area contributed by atoms with Gasteiger partial charge in [-0.05, 0) is 48.0 Å². The molecular weight excluding hydrogens is 438 g/mol. The Morgan fingerprint density at radius 1 is 0.969 bits per heavy atom. The number of amides is 3. The van der Waals surface area contributed by atoms with Crippen LogP contribution in [0.4, 0.5) is 14.5 Å². The Bertz CT molecular complexity index is 1200. The normalized spacial score (nSPS) is 15.8. The fourth-order valence-corrected chi connectivity index (χ4v) is 3.84. The van der Waals surface area contributed by atoms with Crippen molar-refractivity contribution in [1.82, 2.24) is 4.90 Å². The molecule has 0 aliphatic carbocycles. The number of anilines is 1. The standard InChI is InChI=1S/C24H17ClF2N2O3/c25-19-7-3-1-5-15(19)14-28(23(31)18-6-2-4-8-20(18)27)21-13-22(30)29(24(21)32)17-11-9-16(26)10-12-17/h1-12,21H,13-14H2. The first-order valence-corrected chi connectivity index (χ1v) is 10.2. The third kappa shape index (κ3) is 4.11. The van der Waals surface area contributed by atoms with Crippen LogP contribution in [-0.4, -0.2) is 28.7 Å². The summed E-state index contributed by atoms with van der Waals surface area (Å²) in [7, 11) is 0. The van der Waals surface area contributed by atoms with Gasteiger partial charge in [0.15, 0.2) is 0 Å². The molecule has 8 heteroatoms. The summed E-state index contributed by atoms with van der Waals surface area (Å²) >= 11 is 6.25. The van der Waals surface area contributed by atoms with Gasteiger partial charge < -0.3 is 4.90 Å². The maximum Gasteiger partial charge on any atom is 0.257 e. The summed E-state index contributed by atoms with van der Waals surface area (Å²) in [6.45, 7) is -0.103. The molecule has 0 radical (unpaired) electrons. The van der Waals surface area contributed by atoms with Gasteiger partial charge in [0.2, 0.25) is 5.91 Å². The summed E-state index contributed by atoms with van der Waals surface area (Å²) in [5.74, 6) is -3.20. The van der Waals surface area contributed by atoms with Crippen LogP contribution in [0.3, 0.4) is 0 Å². The van der Waals surface area contributed by atoms with Crippen molar-refractivity contribution < 1.29 is 23.2 Å². The molecule has 5 nitrogen and oxygen atoms in total. The van der Waals surface area contributed by atoms with Crippen LogP contribution in [-0.2, 0) is 16.1 Å². The van der Waals surface area contributed by atoms with E-state index in [1.54, 1.807) is 24.3 Å². The van der Waals surface area contributed by atoms with Gasteiger partial charge in [0.1, 0.15) is 17.7 Å². The average Bonchev–Trinajstić information content (AvgIpc) is 3.07. The first kappa shape index (κ1) is 21.6. The van der Waals surface area contributed by atoms with Gasteiger partial charge in [-0.25, -0.2) is 13.7 Å². The van der Waals surface area contributed by atoms with Crippen molar-refractivity contribution in [3.05, 3.63) is 101 Å².